The van der Waals surface area contributed by atoms with Gasteiger partial charge in [-0.15, -0.1) is 0 Å². The Morgan fingerprint density at radius 2 is 2.40 bits per heavy atom. The number of carbonyl (C=O) groups is 1. The Morgan fingerprint density at radius 1 is 1.60 bits per heavy atom. The van der Waals surface area contributed by atoms with Crippen molar-refractivity contribution >= 4 is 44.8 Å². The molecule has 0 unspecified atom stereocenters. The van der Waals surface area contributed by atoms with Crippen LogP contribution in [0.4, 0.5) is 0 Å². The first-order valence-electron chi connectivity index (χ1n) is 6.09. The lowest BCUT2D eigenvalue weighted by molar-refractivity contribution is -0.133. The third-order valence-electron chi connectivity index (χ3n) is 2.60. The molecular weight excluding hydrogens is 342 g/mol. The van der Waals surface area contributed by atoms with E-state index in [9.17, 15) is 4.79 Å². The highest BCUT2D eigenvalue weighted by molar-refractivity contribution is 9.10. The Kier molecular flexibility index (Phi) is 5.19. The van der Waals surface area contributed by atoms with E-state index in [-0.39, 0.29) is 5.75 Å². The summed E-state index contributed by atoms with van der Waals surface area (Å²) in [5.41, 5.74) is 1.55. The number of aromatic nitrogens is 3. The Morgan fingerprint density at radius 3 is 3.10 bits per heavy atom. The maximum Gasteiger partial charge on any atom is 0.313 e. The van der Waals surface area contributed by atoms with Crippen LogP contribution in [0, 0.1) is 0 Å². The SMILES string of the molecule is C/C=C/CCn1c(SCC(=O)O)nc2cc(Br)cnc21. The molecule has 5 nitrogen and oxygen atoms in total. The second kappa shape index (κ2) is 6.90. The van der Waals surface area contributed by atoms with Crippen LogP contribution in [-0.2, 0) is 11.3 Å². The Hall–Kier alpha value is -1.34. The Bertz CT molecular complexity index is 654. The summed E-state index contributed by atoms with van der Waals surface area (Å²) in [4.78, 5) is 19.6. The number of aryl methyl sites for hydroxylation is 1. The lowest BCUT2D eigenvalue weighted by Crippen LogP contribution is -2.03. The lowest BCUT2D eigenvalue weighted by Gasteiger charge is -2.05. The lowest BCUT2D eigenvalue weighted by atomic mass is 10.4. The zero-order valence-electron chi connectivity index (χ0n) is 10.9. The minimum atomic E-state index is -0.851. The summed E-state index contributed by atoms with van der Waals surface area (Å²) >= 11 is 4.59. The summed E-state index contributed by atoms with van der Waals surface area (Å²) < 4.78 is 2.83. The van der Waals surface area contributed by atoms with Crippen LogP contribution in [0.1, 0.15) is 13.3 Å². The number of aliphatic carboxylic acids is 1. The van der Waals surface area contributed by atoms with E-state index in [1.165, 1.54) is 11.8 Å². The molecule has 20 heavy (non-hydrogen) atoms. The molecule has 0 aliphatic rings. The summed E-state index contributed by atoms with van der Waals surface area (Å²) in [7, 11) is 0. The molecule has 0 saturated carbocycles. The summed E-state index contributed by atoms with van der Waals surface area (Å²) in [5, 5.41) is 9.50. The third kappa shape index (κ3) is 3.61. The second-order valence-corrected chi connectivity index (χ2v) is 5.94. The fourth-order valence-corrected chi connectivity index (χ4v) is 2.84. The zero-order valence-corrected chi connectivity index (χ0v) is 13.3. The first-order chi connectivity index (χ1) is 9.61. The maximum atomic E-state index is 10.7. The van der Waals surface area contributed by atoms with E-state index in [2.05, 4.69) is 32.0 Å². The van der Waals surface area contributed by atoms with Crippen molar-refractivity contribution in [2.75, 3.05) is 5.75 Å². The van der Waals surface area contributed by atoms with Crippen LogP contribution in [0.5, 0.6) is 0 Å². The van der Waals surface area contributed by atoms with Gasteiger partial charge in [0.1, 0.15) is 5.52 Å². The molecule has 2 aromatic rings. The standard InChI is InChI=1S/C13H14BrN3O2S/c1-2-3-4-5-17-12-10(6-9(14)7-15-12)16-13(17)20-8-11(18)19/h2-3,6-7H,4-5,8H2,1H3,(H,18,19)/b3-2+. The molecular formula is C13H14BrN3O2S. The number of nitrogens with zero attached hydrogens (tertiary/aromatic N) is 3. The number of fused-ring (bicyclic) bond motifs is 1. The fraction of sp³-hybridized carbons (Fsp3) is 0.308. The van der Waals surface area contributed by atoms with Crippen molar-refractivity contribution in [1.29, 1.82) is 0 Å². The number of rotatable bonds is 6. The summed E-state index contributed by atoms with van der Waals surface area (Å²) in [6, 6.07) is 1.89. The molecule has 106 valence electrons. The summed E-state index contributed by atoms with van der Waals surface area (Å²) in [6.45, 7) is 2.71. The van der Waals surface area contributed by atoms with Gasteiger partial charge < -0.3 is 9.67 Å². The van der Waals surface area contributed by atoms with Crippen molar-refractivity contribution in [2.24, 2.45) is 0 Å². The monoisotopic (exact) mass is 355 g/mol. The number of carboxylic acids is 1. The highest BCUT2D eigenvalue weighted by atomic mass is 79.9. The quantitative estimate of drug-likeness (QED) is 0.635. The minimum absolute atomic E-state index is 0.00584. The van der Waals surface area contributed by atoms with Gasteiger partial charge in [-0.05, 0) is 35.3 Å². The molecule has 0 aliphatic heterocycles. The van der Waals surface area contributed by atoms with Gasteiger partial charge in [-0.25, -0.2) is 9.97 Å². The highest BCUT2D eigenvalue weighted by Crippen LogP contribution is 2.25. The molecule has 2 heterocycles. The number of hydrogen-bond donors (Lipinski definition) is 1. The molecule has 2 rings (SSSR count). The number of halogens is 1. The van der Waals surface area contributed by atoms with E-state index in [1.807, 2.05) is 23.6 Å². The van der Waals surface area contributed by atoms with Crippen LogP contribution in [-0.4, -0.2) is 31.4 Å². The molecule has 0 saturated heterocycles. The molecule has 2 aromatic heterocycles. The van der Waals surface area contributed by atoms with Crippen molar-refractivity contribution < 1.29 is 9.90 Å². The largest absolute Gasteiger partial charge is 0.481 e. The Labute approximate surface area is 129 Å². The third-order valence-corrected chi connectivity index (χ3v) is 3.99. The molecule has 7 heteroatoms. The van der Waals surface area contributed by atoms with E-state index < -0.39 is 5.97 Å². The first kappa shape index (κ1) is 15.1. The van der Waals surface area contributed by atoms with Crippen molar-refractivity contribution in [1.82, 2.24) is 14.5 Å². The smallest absolute Gasteiger partial charge is 0.313 e. The predicted octanol–water partition coefficient (Wildman–Crippen LogP) is 3.34. The fourth-order valence-electron chi connectivity index (χ4n) is 1.77. The molecule has 0 aromatic carbocycles. The van der Waals surface area contributed by atoms with Crippen LogP contribution in [0.2, 0.25) is 0 Å². The number of pyridine rings is 1. The number of imidazole rings is 1. The molecule has 0 aliphatic carbocycles. The first-order valence-corrected chi connectivity index (χ1v) is 7.87. The van der Waals surface area contributed by atoms with Gasteiger partial charge in [-0.3, -0.25) is 4.79 Å². The van der Waals surface area contributed by atoms with Gasteiger partial charge in [0, 0.05) is 17.2 Å². The zero-order chi connectivity index (χ0) is 14.5. The summed E-state index contributed by atoms with van der Waals surface area (Å²) in [6.07, 6.45) is 6.64. The van der Waals surface area contributed by atoms with Crippen molar-refractivity contribution in [3.63, 3.8) is 0 Å². The van der Waals surface area contributed by atoms with Crippen LogP contribution in [0.15, 0.2) is 34.0 Å². The van der Waals surface area contributed by atoms with Gasteiger partial charge >= 0.3 is 5.97 Å². The topological polar surface area (TPSA) is 68.0 Å². The number of hydrogen-bond acceptors (Lipinski definition) is 4. The van der Waals surface area contributed by atoms with E-state index in [0.717, 1.165) is 28.6 Å². The number of allylic oxidation sites excluding steroid dienone is 2. The molecule has 0 spiro atoms. The van der Waals surface area contributed by atoms with Gasteiger partial charge in [-0.2, -0.15) is 0 Å². The molecule has 0 bridgehead atoms. The van der Waals surface area contributed by atoms with Crippen LogP contribution < -0.4 is 0 Å². The maximum absolute atomic E-state index is 10.7. The van der Waals surface area contributed by atoms with Crippen LogP contribution in [0.25, 0.3) is 11.2 Å². The van der Waals surface area contributed by atoms with E-state index in [0.29, 0.717) is 5.16 Å². The van der Waals surface area contributed by atoms with Gasteiger partial charge in [0.15, 0.2) is 10.8 Å². The Balaban J connectivity index is 2.36. The second-order valence-electron chi connectivity index (χ2n) is 4.08. The normalized spacial score (nSPS) is 11.5. The molecule has 1 N–H and O–H groups in total. The van der Waals surface area contributed by atoms with Gasteiger partial charge in [0.05, 0.1) is 5.75 Å². The number of carboxylic acid groups (broad SMARTS) is 1. The van der Waals surface area contributed by atoms with Crippen molar-refractivity contribution in [2.45, 2.75) is 25.0 Å². The molecule has 0 radical (unpaired) electrons. The van der Waals surface area contributed by atoms with Crippen LogP contribution in [0.3, 0.4) is 0 Å². The van der Waals surface area contributed by atoms with Crippen molar-refractivity contribution in [3.05, 3.63) is 28.9 Å². The van der Waals surface area contributed by atoms with Gasteiger partial charge in [-0.1, -0.05) is 23.9 Å². The van der Waals surface area contributed by atoms with E-state index in [1.54, 1.807) is 6.20 Å². The van der Waals surface area contributed by atoms with Gasteiger partial charge in [0.25, 0.3) is 0 Å². The molecule has 0 fully saturated rings. The average Bonchev–Trinajstić information content (AvgIpc) is 2.74. The van der Waals surface area contributed by atoms with Gasteiger partial charge in [0.2, 0.25) is 0 Å². The average molecular weight is 356 g/mol. The van der Waals surface area contributed by atoms with Crippen LogP contribution >= 0.6 is 27.7 Å². The minimum Gasteiger partial charge on any atom is -0.481 e. The predicted molar refractivity (Wildman–Crippen MR) is 83.0 cm³/mol. The summed E-state index contributed by atoms with van der Waals surface area (Å²) in [5.74, 6) is -0.857. The van der Waals surface area contributed by atoms with Crippen molar-refractivity contribution in [3.8, 4) is 0 Å². The van der Waals surface area contributed by atoms with E-state index >= 15 is 0 Å². The molecule has 0 amide bonds. The highest BCUT2D eigenvalue weighted by Gasteiger charge is 2.13. The van der Waals surface area contributed by atoms with E-state index in [4.69, 9.17) is 5.11 Å². The molecule has 0 atom stereocenters. The number of thioether (sulfide) groups is 1.